The minimum absolute atomic E-state index is 0.0527. The van der Waals surface area contributed by atoms with Crippen molar-refractivity contribution in [3.63, 3.8) is 0 Å². The van der Waals surface area contributed by atoms with E-state index < -0.39 is 0 Å². The third kappa shape index (κ3) is 2.76. The summed E-state index contributed by atoms with van der Waals surface area (Å²) in [5, 5.41) is 0.411. The first-order chi connectivity index (χ1) is 9.35. The quantitative estimate of drug-likeness (QED) is 0.868. The third-order valence-corrected chi connectivity index (χ3v) is 4.65. The third-order valence-electron chi connectivity index (χ3n) is 4.33. The van der Waals surface area contributed by atoms with Crippen LogP contribution in [0.15, 0.2) is 18.2 Å². The second-order valence-corrected chi connectivity index (χ2v) is 6.28. The van der Waals surface area contributed by atoms with Gasteiger partial charge in [-0.3, -0.25) is 4.79 Å². The Morgan fingerprint density at radius 3 is 2.45 bits per heavy atom. The normalized spacial score (nSPS) is 16.9. The van der Waals surface area contributed by atoms with Crippen LogP contribution in [0.2, 0.25) is 5.02 Å². The van der Waals surface area contributed by atoms with E-state index >= 15 is 0 Å². The molecule has 0 bridgehead atoms. The Labute approximate surface area is 125 Å². The molecule has 1 aromatic rings. The zero-order chi connectivity index (χ0) is 14.9. The number of carbonyl (C=O) groups is 1. The number of hydrogen-bond acceptors (Lipinski definition) is 3. The average Bonchev–Trinajstić information content (AvgIpc) is 2.32. The van der Waals surface area contributed by atoms with Crippen LogP contribution in [0.3, 0.4) is 0 Å². The first-order valence-electron chi connectivity index (χ1n) is 6.84. The number of hydrogen-bond donors (Lipinski definition) is 1. The van der Waals surface area contributed by atoms with E-state index in [0.717, 1.165) is 19.4 Å². The minimum Gasteiger partial charge on any atom is -0.399 e. The highest BCUT2D eigenvalue weighted by atomic mass is 35.5. The smallest absolute Gasteiger partial charge is 0.255 e. The molecule has 0 saturated heterocycles. The van der Waals surface area contributed by atoms with Gasteiger partial charge in [0.2, 0.25) is 0 Å². The van der Waals surface area contributed by atoms with Gasteiger partial charge in [-0.25, -0.2) is 0 Å². The Kier molecular flexibility index (Phi) is 4.25. The lowest BCUT2D eigenvalue weighted by Crippen LogP contribution is -2.57. The maximum atomic E-state index is 12.5. The van der Waals surface area contributed by atoms with E-state index in [9.17, 15) is 4.79 Å². The zero-order valence-electron chi connectivity index (χ0n) is 12.3. The SMILES string of the molecule is CN(CC1(N(C)C)CCC1)C(=O)c1ccc(N)cc1Cl. The van der Waals surface area contributed by atoms with Crippen LogP contribution in [-0.4, -0.2) is 48.9 Å². The summed E-state index contributed by atoms with van der Waals surface area (Å²) in [6.07, 6.45) is 3.49. The number of amides is 1. The highest BCUT2D eigenvalue weighted by Gasteiger charge is 2.40. The van der Waals surface area contributed by atoms with Gasteiger partial charge in [0.25, 0.3) is 5.91 Å². The van der Waals surface area contributed by atoms with Crippen molar-refractivity contribution in [2.45, 2.75) is 24.8 Å². The molecule has 1 saturated carbocycles. The van der Waals surface area contributed by atoms with Crippen molar-refractivity contribution in [2.24, 2.45) is 0 Å². The predicted octanol–water partition coefficient (Wildman–Crippen LogP) is 2.48. The van der Waals surface area contributed by atoms with Crippen molar-refractivity contribution in [1.29, 1.82) is 0 Å². The lowest BCUT2D eigenvalue weighted by Gasteiger charge is -2.49. The van der Waals surface area contributed by atoms with Crippen LogP contribution in [0.25, 0.3) is 0 Å². The highest BCUT2D eigenvalue weighted by molar-refractivity contribution is 6.34. The minimum atomic E-state index is -0.0527. The fourth-order valence-electron chi connectivity index (χ4n) is 2.76. The molecule has 0 aliphatic heterocycles. The summed E-state index contributed by atoms with van der Waals surface area (Å²) in [4.78, 5) is 16.5. The zero-order valence-corrected chi connectivity index (χ0v) is 13.1. The number of nitrogens with two attached hydrogens (primary N) is 1. The van der Waals surface area contributed by atoms with Crippen molar-refractivity contribution < 1.29 is 4.79 Å². The summed E-state index contributed by atoms with van der Waals surface area (Å²) in [5.41, 5.74) is 6.85. The van der Waals surface area contributed by atoms with Crippen LogP contribution < -0.4 is 5.73 Å². The predicted molar refractivity (Wildman–Crippen MR) is 83.1 cm³/mol. The van der Waals surface area contributed by atoms with Gasteiger partial charge in [-0.05, 0) is 51.6 Å². The average molecular weight is 296 g/mol. The molecule has 0 aromatic heterocycles. The summed E-state index contributed by atoms with van der Waals surface area (Å²) in [6.45, 7) is 0.722. The Hall–Kier alpha value is -1.26. The van der Waals surface area contributed by atoms with Crippen molar-refractivity contribution in [2.75, 3.05) is 33.4 Å². The Morgan fingerprint density at radius 1 is 1.35 bits per heavy atom. The van der Waals surface area contributed by atoms with Gasteiger partial charge in [0.15, 0.2) is 0 Å². The number of rotatable bonds is 4. The molecule has 1 amide bonds. The molecule has 0 spiro atoms. The Bertz CT molecular complexity index is 512. The van der Waals surface area contributed by atoms with Crippen molar-refractivity contribution in [3.8, 4) is 0 Å². The summed E-state index contributed by atoms with van der Waals surface area (Å²) >= 11 is 6.11. The topological polar surface area (TPSA) is 49.6 Å². The van der Waals surface area contributed by atoms with Gasteiger partial charge >= 0.3 is 0 Å². The fourth-order valence-corrected chi connectivity index (χ4v) is 3.03. The van der Waals surface area contributed by atoms with Crippen LogP contribution in [0.5, 0.6) is 0 Å². The van der Waals surface area contributed by atoms with E-state index in [1.54, 1.807) is 23.1 Å². The molecule has 110 valence electrons. The molecule has 1 fully saturated rings. The summed E-state index contributed by atoms with van der Waals surface area (Å²) < 4.78 is 0. The monoisotopic (exact) mass is 295 g/mol. The number of nitrogen functional groups attached to an aromatic ring is 1. The Morgan fingerprint density at radius 2 is 2.00 bits per heavy atom. The largest absolute Gasteiger partial charge is 0.399 e. The maximum Gasteiger partial charge on any atom is 0.255 e. The number of benzene rings is 1. The van der Waals surface area contributed by atoms with Gasteiger partial charge in [-0.2, -0.15) is 0 Å². The van der Waals surface area contributed by atoms with E-state index in [4.69, 9.17) is 17.3 Å². The molecule has 1 aromatic carbocycles. The highest BCUT2D eigenvalue weighted by Crippen LogP contribution is 2.37. The molecule has 0 radical (unpaired) electrons. The summed E-state index contributed by atoms with van der Waals surface area (Å²) in [7, 11) is 5.99. The number of anilines is 1. The molecular weight excluding hydrogens is 274 g/mol. The van der Waals surface area contributed by atoms with Crippen LogP contribution in [0.1, 0.15) is 29.6 Å². The van der Waals surface area contributed by atoms with Gasteiger partial charge in [0, 0.05) is 24.8 Å². The van der Waals surface area contributed by atoms with E-state index in [1.165, 1.54) is 6.42 Å². The summed E-state index contributed by atoms with van der Waals surface area (Å²) in [6, 6.07) is 5.02. The fraction of sp³-hybridized carbons (Fsp3) is 0.533. The number of halogens is 1. The standard InChI is InChI=1S/C15H22ClN3O/c1-18(2)15(7-4-8-15)10-19(3)14(20)12-6-5-11(17)9-13(12)16/h5-6,9H,4,7-8,10,17H2,1-3H3. The van der Waals surface area contributed by atoms with Gasteiger partial charge < -0.3 is 15.5 Å². The van der Waals surface area contributed by atoms with Crippen LogP contribution in [0, 0.1) is 0 Å². The molecule has 2 N–H and O–H groups in total. The lowest BCUT2D eigenvalue weighted by molar-refractivity contribution is 0.0252. The number of carbonyl (C=O) groups excluding carboxylic acids is 1. The molecule has 20 heavy (non-hydrogen) atoms. The van der Waals surface area contributed by atoms with E-state index in [-0.39, 0.29) is 11.4 Å². The van der Waals surface area contributed by atoms with Gasteiger partial charge in [0.05, 0.1) is 10.6 Å². The van der Waals surface area contributed by atoms with E-state index in [1.807, 2.05) is 7.05 Å². The Balaban J connectivity index is 2.12. The molecule has 0 unspecified atom stereocenters. The summed E-state index contributed by atoms with van der Waals surface area (Å²) in [5.74, 6) is -0.0527. The first-order valence-corrected chi connectivity index (χ1v) is 7.21. The van der Waals surface area contributed by atoms with Gasteiger partial charge in [0.1, 0.15) is 0 Å². The van der Waals surface area contributed by atoms with E-state index in [2.05, 4.69) is 19.0 Å². The lowest BCUT2D eigenvalue weighted by atomic mass is 9.75. The second-order valence-electron chi connectivity index (χ2n) is 5.87. The van der Waals surface area contributed by atoms with Crippen LogP contribution in [0.4, 0.5) is 5.69 Å². The van der Waals surface area contributed by atoms with Crippen LogP contribution >= 0.6 is 11.6 Å². The maximum absolute atomic E-state index is 12.5. The van der Waals surface area contributed by atoms with Crippen molar-refractivity contribution >= 4 is 23.2 Å². The van der Waals surface area contributed by atoms with Crippen molar-refractivity contribution in [1.82, 2.24) is 9.80 Å². The van der Waals surface area contributed by atoms with Gasteiger partial charge in [-0.15, -0.1) is 0 Å². The van der Waals surface area contributed by atoms with Crippen molar-refractivity contribution in [3.05, 3.63) is 28.8 Å². The molecule has 5 heteroatoms. The van der Waals surface area contributed by atoms with Crippen LogP contribution in [-0.2, 0) is 0 Å². The molecule has 2 rings (SSSR count). The number of nitrogens with zero attached hydrogens (tertiary/aromatic N) is 2. The molecule has 1 aliphatic carbocycles. The number of likely N-dealkylation sites (N-methyl/N-ethyl adjacent to an activating group) is 2. The second kappa shape index (κ2) is 5.62. The molecule has 0 atom stereocenters. The van der Waals surface area contributed by atoms with E-state index in [0.29, 0.717) is 16.3 Å². The molecular formula is C15H22ClN3O. The molecule has 0 heterocycles. The first kappa shape index (κ1) is 15.1. The van der Waals surface area contributed by atoms with Gasteiger partial charge in [-0.1, -0.05) is 11.6 Å². The molecule has 4 nitrogen and oxygen atoms in total. The molecule has 1 aliphatic rings.